The summed E-state index contributed by atoms with van der Waals surface area (Å²) in [5.74, 6) is 0.0833. The first-order valence-electron chi connectivity index (χ1n) is 11.1. The number of rotatable bonds is 8. The van der Waals surface area contributed by atoms with Crippen molar-refractivity contribution >= 4 is 17.8 Å². The molecule has 2 N–H and O–H groups in total. The first kappa shape index (κ1) is 23.2. The third-order valence-electron chi connectivity index (χ3n) is 5.78. The van der Waals surface area contributed by atoms with Gasteiger partial charge in [-0.3, -0.25) is 19.4 Å². The Morgan fingerprint density at radius 2 is 1.65 bits per heavy atom. The molecule has 3 rings (SSSR count). The van der Waals surface area contributed by atoms with Crippen LogP contribution in [0.15, 0.2) is 30.3 Å². The minimum Gasteiger partial charge on any atom is -0.353 e. The summed E-state index contributed by atoms with van der Waals surface area (Å²) in [7, 11) is 0. The summed E-state index contributed by atoms with van der Waals surface area (Å²) in [6, 6.07) is 9.31. The Morgan fingerprint density at radius 1 is 1.03 bits per heavy atom. The fourth-order valence-corrected chi connectivity index (χ4v) is 4.40. The second-order valence-corrected chi connectivity index (χ2v) is 9.29. The summed E-state index contributed by atoms with van der Waals surface area (Å²) in [5.41, 5.74) is -0.186. The Kier molecular flexibility index (Phi) is 7.33. The number of urea groups is 1. The van der Waals surface area contributed by atoms with Crippen LogP contribution in [0.25, 0.3) is 0 Å². The highest BCUT2D eigenvalue weighted by Gasteiger charge is 2.52. The first-order chi connectivity index (χ1) is 14.7. The Hall–Kier alpha value is -2.45. The number of hydrogen-bond acceptors (Lipinski definition) is 5. The van der Waals surface area contributed by atoms with Crippen molar-refractivity contribution in [1.82, 2.24) is 25.3 Å². The van der Waals surface area contributed by atoms with Crippen molar-refractivity contribution in [2.45, 2.75) is 45.7 Å². The molecule has 0 saturated carbocycles. The zero-order chi connectivity index (χ0) is 22.6. The van der Waals surface area contributed by atoms with E-state index in [0.717, 1.165) is 18.7 Å². The molecule has 2 fully saturated rings. The Labute approximate surface area is 184 Å². The normalized spacial score (nSPS) is 23.0. The smallest absolute Gasteiger partial charge is 0.326 e. The molecule has 0 aliphatic carbocycles. The maximum absolute atomic E-state index is 13.5. The lowest BCUT2D eigenvalue weighted by Gasteiger charge is -2.36. The SMILES string of the molecule is CC(C)CC1(c2ccccc2)NC(=O)N(CN2CCN(CC(=O)NC(C)C)CC2)C1=O. The van der Waals surface area contributed by atoms with Gasteiger partial charge in [-0.15, -0.1) is 0 Å². The average molecular weight is 430 g/mol. The summed E-state index contributed by atoms with van der Waals surface area (Å²) >= 11 is 0. The fourth-order valence-electron chi connectivity index (χ4n) is 4.40. The molecular formula is C23H35N5O3. The molecular weight excluding hydrogens is 394 g/mol. The van der Waals surface area contributed by atoms with Gasteiger partial charge in [-0.25, -0.2) is 9.69 Å². The molecule has 0 aromatic heterocycles. The van der Waals surface area contributed by atoms with E-state index in [1.54, 1.807) is 0 Å². The molecule has 4 amide bonds. The number of nitrogens with zero attached hydrogens (tertiary/aromatic N) is 3. The number of hydrogen-bond donors (Lipinski definition) is 2. The number of carbonyl (C=O) groups is 3. The molecule has 1 atom stereocenters. The number of amides is 4. The van der Waals surface area contributed by atoms with Crippen molar-refractivity contribution in [2.24, 2.45) is 5.92 Å². The third kappa shape index (κ3) is 5.43. The van der Waals surface area contributed by atoms with Crippen molar-refractivity contribution in [2.75, 3.05) is 39.4 Å². The van der Waals surface area contributed by atoms with Gasteiger partial charge in [0.05, 0.1) is 13.2 Å². The van der Waals surface area contributed by atoms with Gasteiger partial charge in [0.2, 0.25) is 5.91 Å². The summed E-state index contributed by atoms with van der Waals surface area (Å²) in [5, 5.41) is 5.92. The number of imide groups is 1. The monoisotopic (exact) mass is 429 g/mol. The molecule has 8 nitrogen and oxygen atoms in total. The number of carbonyl (C=O) groups excluding carboxylic acids is 3. The van der Waals surface area contributed by atoms with Crippen LogP contribution in [0, 0.1) is 5.92 Å². The zero-order valence-corrected chi connectivity index (χ0v) is 19.1. The van der Waals surface area contributed by atoms with Crippen LogP contribution in [0.3, 0.4) is 0 Å². The minimum absolute atomic E-state index is 0.0267. The van der Waals surface area contributed by atoms with Crippen LogP contribution in [0.5, 0.6) is 0 Å². The van der Waals surface area contributed by atoms with E-state index in [9.17, 15) is 14.4 Å². The van der Waals surface area contributed by atoms with E-state index >= 15 is 0 Å². The van der Waals surface area contributed by atoms with Gasteiger partial charge in [0.1, 0.15) is 5.54 Å². The molecule has 31 heavy (non-hydrogen) atoms. The second kappa shape index (κ2) is 9.78. The molecule has 8 heteroatoms. The number of piperazine rings is 1. The van der Waals surface area contributed by atoms with Crippen LogP contribution < -0.4 is 10.6 Å². The molecule has 2 aliphatic rings. The molecule has 0 radical (unpaired) electrons. The van der Waals surface area contributed by atoms with Gasteiger partial charge in [0.15, 0.2) is 0 Å². The Bertz CT molecular complexity index is 790. The summed E-state index contributed by atoms with van der Waals surface area (Å²) in [4.78, 5) is 43.9. The van der Waals surface area contributed by atoms with Crippen LogP contribution in [0.2, 0.25) is 0 Å². The van der Waals surface area contributed by atoms with Crippen molar-refractivity contribution in [3.63, 3.8) is 0 Å². The van der Waals surface area contributed by atoms with Gasteiger partial charge in [-0.1, -0.05) is 44.2 Å². The number of benzene rings is 1. The average Bonchev–Trinajstić information content (AvgIpc) is 2.94. The van der Waals surface area contributed by atoms with Gasteiger partial charge in [-0.2, -0.15) is 0 Å². The first-order valence-corrected chi connectivity index (χ1v) is 11.1. The lowest BCUT2D eigenvalue weighted by Crippen LogP contribution is -2.53. The Balaban J connectivity index is 1.63. The predicted molar refractivity (Wildman–Crippen MR) is 119 cm³/mol. The fraction of sp³-hybridized carbons (Fsp3) is 0.609. The summed E-state index contributed by atoms with van der Waals surface area (Å²) in [6.07, 6.45) is 0.552. The zero-order valence-electron chi connectivity index (χ0n) is 19.1. The van der Waals surface area contributed by atoms with Gasteiger partial charge in [-0.05, 0) is 31.7 Å². The molecule has 2 heterocycles. The van der Waals surface area contributed by atoms with Crippen LogP contribution in [0.1, 0.15) is 39.7 Å². The molecule has 2 aliphatic heterocycles. The van der Waals surface area contributed by atoms with Crippen molar-refractivity contribution < 1.29 is 14.4 Å². The van der Waals surface area contributed by atoms with Gasteiger partial charge in [0, 0.05) is 32.2 Å². The van der Waals surface area contributed by atoms with Crippen molar-refractivity contribution in [1.29, 1.82) is 0 Å². The van der Waals surface area contributed by atoms with E-state index in [1.807, 2.05) is 44.2 Å². The van der Waals surface area contributed by atoms with Crippen LogP contribution in [-0.4, -0.2) is 78.0 Å². The molecule has 1 aromatic rings. The molecule has 0 bridgehead atoms. The minimum atomic E-state index is -1.01. The maximum atomic E-state index is 13.5. The summed E-state index contributed by atoms with van der Waals surface area (Å²) < 4.78 is 0. The third-order valence-corrected chi connectivity index (χ3v) is 5.78. The van der Waals surface area contributed by atoms with Gasteiger partial charge < -0.3 is 10.6 Å². The van der Waals surface area contributed by atoms with Crippen molar-refractivity contribution in [3.8, 4) is 0 Å². The highest BCUT2D eigenvalue weighted by atomic mass is 16.2. The van der Waals surface area contributed by atoms with E-state index in [2.05, 4.69) is 34.3 Å². The van der Waals surface area contributed by atoms with E-state index in [0.29, 0.717) is 26.1 Å². The van der Waals surface area contributed by atoms with Gasteiger partial charge in [0.25, 0.3) is 5.91 Å². The van der Waals surface area contributed by atoms with Crippen LogP contribution in [-0.2, 0) is 15.1 Å². The standard InChI is InChI=1S/C23H35N5O3/c1-17(2)14-23(19-8-6-5-7-9-19)21(30)28(22(31)25-23)16-27-12-10-26(11-13-27)15-20(29)24-18(3)4/h5-9,17-18H,10-16H2,1-4H3,(H,24,29)(H,25,31). The largest absolute Gasteiger partial charge is 0.353 e. The van der Waals surface area contributed by atoms with E-state index in [4.69, 9.17) is 0 Å². The number of nitrogens with one attached hydrogen (secondary N) is 2. The molecule has 170 valence electrons. The molecule has 1 unspecified atom stereocenters. The maximum Gasteiger partial charge on any atom is 0.326 e. The van der Waals surface area contributed by atoms with Crippen LogP contribution >= 0.6 is 0 Å². The van der Waals surface area contributed by atoms with E-state index in [-0.39, 0.29) is 36.5 Å². The van der Waals surface area contributed by atoms with Gasteiger partial charge >= 0.3 is 6.03 Å². The van der Waals surface area contributed by atoms with Crippen LogP contribution in [0.4, 0.5) is 4.79 Å². The quantitative estimate of drug-likeness (QED) is 0.613. The molecule has 1 aromatic carbocycles. The predicted octanol–water partition coefficient (Wildman–Crippen LogP) is 1.58. The highest BCUT2D eigenvalue weighted by molar-refractivity contribution is 6.07. The Morgan fingerprint density at radius 3 is 2.23 bits per heavy atom. The lowest BCUT2D eigenvalue weighted by molar-refractivity contribution is -0.134. The molecule has 2 saturated heterocycles. The second-order valence-electron chi connectivity index (χ2n) is 9.29. The van der Waals surface area contributed by atoms with E-state index < -0.39 is 5.54 Å². The van der Waals surface area contributed by atoms with E-state index in [1.165, 1.54) is 4.90 Å². The van der Waals surface area contributed by atoms with Crippen molar-refractivity contribution in [3.05, 3.63) is 35.9 Å². The lowest BCUT2D eigenvalue weighted by atomic mass is 9.82. The highest BCUT2D eigenvalue weighted by Crippen LogP contribution is 2.35. The molecule has 0 spiro atoms. The summed E-state index contributed by atoms with van der Waals surface area (Å²) in [6.45, 7) is 11.5. The topological polar surface area (TPSA) is 85.0 Å².